The van der Waals surface area contributed by atoms with Crippen molar-refractivity contribution in [2.24, 2.45) is 0 Å². The van der Waals surface area contributed by atoms with Gasteiger partial charge < -0.3 is 10.1 Å². The van der Waals surface area contributed by atoms with Gasteiger partial charge in [-0.2, -0.15) is 9.57 Å². The van der Waals surface area contributed by atoms with Crippen LogP contribution in [0, 0.1) is 11.3 Å². The van der Waals surface area contributed by atoms with Crippen LogP contribution in [0.4, 0.5) is 5.69 Å². The van der Waals surface area contributed by atoms with Gasteiger partial charge in [-0.1, -0.05) is 24.6 Å². The number of sulfonamides is 1. The second-order valence-electron chi connectivity index (χ2n) is 8.37. The van der Waals surface area contributed by atoms with E-state index in [1.54, 1.807) is 24.3 Å². The first-order valence-corrected chi connectivity index (χ1v) is 13.2. The quantitative estimate of drug-likeness (QED) is 0.475. The molecule has 0 aromatic heterocycles. The monoisotopic (exact) mass is 496 g/mol. The first-order chi connectivity index (χ1) is 16.9. The lowest BCUT2D eigenvalue weighted by atomic mass is 10.1. The number of ether oxygens (including phenoxy) is 1. The summed E-state index contributed by atoms with van der Waals surface area (Å²) in [5, 5.41) is 12.0. The van der Waals surface area contributed by atoms with Crippen molar-refractivity contribution in [2.75, 3.05) is 38.1 Å². The maximum absolute atomic E-state index is 13.1. The zero-order valence-corrected chi connectivity index (χ0v) is 20.9. The molecular formula is C26H32N4O4S. The van der Waals surface area contributed by atoms with Gasteiger partial charge in [-0.25, -0.2) is 8.42 Å². The molecule has 0 unspecified atom stereocenters. The molecule has 8 nitrogen and oxygen atoms in total. The molecule has 0 radical (unpaired) electrons. The summed E-state index contributed by atoms with van der Waals surface area (Å²) in [6, 6.07) is 13.9. The molecule has 3 rings (SSSR count). The zero-order chi connectivity index (χ0) is 25.3. The SMILES string of the molecule is C=CCN(CC(=O)Nc1cc(S(=O)(=O)N2CCCCC2)ccc1OCC)Cc1cccc(C#N)c1. The summed E-state index contributed by atoms with van der Waals surface area (Å²) in [5.41, 5.74) is 1.78. The first kappa shape index (κ1) is 26.4. The van der Waals surface area contributed by atoms with E-state index in [0.717, 1.165) is 24.8 Å². The number of carbonyl (C=O) groups excluding carboxylic acids is 1. The lowest BCUT2D eigenvalue weighted by molar-refractivity contribution is -0.117. The van der Waals surface area contributed by atoms with E-state index in [4.69, 9.17) is 10.00 Å². The highest BCUT2D eigenvalue weighted by atomic mass is 32.2. The first-order valence-electron chi connectivity index (χ1n) is 11.8. The number of nitrogens with zero attached hydrogens (tertiary/aromatic N) is 3. The van der Waals surface area contributed by atoms with Gasteiger partial charge in [0.1, 0.15) is 5.75 Å². The van der Waals surface area contributed by atoms with Crippen molar-refractivity contribution in [1.29, 1.82) is 5.26 Å². The minimum Gasteiger partial charge on any atom is -0.492 e. The van der Waals surface area contributed by atoms with Crippen LogP contribution in [0.25, 0.3) is 0 Å². The van der Waals surface area contributed by atoms with E-state index in [1.807, 2.05) is 24.0 Å². The Balaban J connectivity index is 1.78. The second-order valence-corrected chi connectivity index (χ2v) is 10.3. The zero-order valence-electron chi connectivity index (χ0n) is 20.1. The maximum atomic E-state index is 13.1. The number of amides is 1. The molecule has 0 saturated carbocycles. The Morgan fingerprint density at radius 1 is 1.23 bits per heavy atom. The number of anilines is 1. The fourth-order valence-corrected chi connectivity index (χ4v) is 5.60. The van der Waals surface area contributed by atoms with E-state index in [1.165, 1.54) is 16.4 Å². The normalized spacial score (nSPS) is 14.3. The Bertz CT molecular complexity index is 1180. The molecule has 0 spiro atoms. The second kappa shape index (κ2) is 12.5. The Morgan fingerprint density at radius 2 is 2.00 bits per heavy atom. The predicted octanol–water partition coefficient (Wildman–Crippen LogP) is 3.76. The molecule has 35 heavy (non-hydrogen) atoms. The summed E-state index contributed by atoms with van der Waals surface area (Å²) in [6.07, 6.45) is 4.42. The molecule has 2 aromatic carbocycles. The molecule has 0 bridgehead atoms. The van der Waals surface area contributed by atoms with Gasteiger partial charge in [0.25, 0.3) is 0 Å². The van der Waals surface area contributed by atoms with Gasteiger partial charge in [-0.05, 0) is 55.7 Å². The lowest BCUT2D eigenvalue weighted by Crippen LogP contribution is -2.35. The van der Waals surface area contributed by atoms with Gasteiger partial charge in [0.2, 0.25) is 15.9 Å². The summed E-state index contributed by atoms with van der Waals surface area (Å²) in [6.45, 7) is 7.94. The van der Waals surface area contributed by atoms with Gasteiger partial charge in [-0.3, -0.25) is 9.69 Å². The van der Waals surface area contributed by atoms with E-state index < -0.39 is 10.0 Å². The van der Waals surface area contributed by atoms with Crippen molar-refractivity contribution < 1.29 is 17.9 Å². The van der Waals surface area contributed by atoms with Crippen LogP contribution in [0.1, 0.15) is 37.3 Å². The molecule has 1 aliphatic heterocycles. The number of carbonyl (C=O) groups is 1. The van der Waals surface area contributed by atoms with Crippen molar-refractivity contribution >= 4 is 21.6 Å². The van der Waals surface area contributed by atoms with Crippen molar-refractivity contribution in [3.63, 3.8) is 0 Å². The van der Waals surface area contributed by atoms with Crippen LogP contribution in [0.15, 0.2) is 60.0 Å². The summed E-state index contributed by atoms with van der Waals surface area (Å²) in [4.78, 5) is 15.0. The largest absolute Gasteiger partial charge is 0.492 e. The Hall–Kier alpha value is -3.19. The summed E-state index contributed by atoms with van der Waals surface area (Å²) in [7, 11) is -3.65. The smallest absolute Gasteiger partial charge is 0.243 e. The number of rotatable bonds is 11. The van der Waals surface area contributed by atoms with E-state index in [9.17, 15) is 13.2 Å². The van der Waals surface area contributed by atoms with Crippen LogP contribution in [0.3, 0.4) is 0 Å². The van der Waals surface area contributed by atoms with Crippen LogP contribution in [0.2, 0.25) is 0 Å². The van der Waals surface area contributed by atoms with E-state index in [0.29, 0.717) is 49.8 Å². The third kappa shape index (κ3) is 7.15. The van der Waals surface area contributed by atoms with E-state index in [-0.39, 0.29) is 17.3 Å². The standard InChI is InChI=1S/C26H32N4O4S/c1-3-13-29(19-22-10-8-9-21(16-22)18-27)20-26(31)28-24-17-23(11-12-25(24)34-4-2)35(32,33)30-14-6-5-7-15-30/h3,8-12,16-17H,1,4-7,13-15,19-20H2,2H3,(H,28,31). The molecule has 1 heterocycles. The summed E-state index contributed by atoms with van der Waals surface area (Å²) < 4.78 is 33.4. The third-order valence-electron chi connectivity index (χ3n) is 5.69. The Morgan fingerprint density at radius 3 is 2.69 bits per heavy atom. The van der Waals surface area contributed by atoms with Gasteiger partial charge in [-0.15, -0.1) is 6.58 Å². The van der Waals surface area contributed by atoms with Gasteiger partial charge in [0.05, 0.1) is 35.4 Å². The summed E-state index contributed by atoms with van der Waals surface area (Å²) >= 11 is 0. The molecular weight excluding hydrogens is 464 g/mol. The molecule has 1 fully saturated rings. The average Bonchev–Trinajstić information content (AvgIpc) is 2.86. The number of piperidine rings is 1. The number of hydrogen-bond donors (Lipinski definition) is 1. The van der Waals surface area contributed by atoms with Crippen LogP contribution in [-0.2, 0) is 21.4 Å². The molecule has 1 N–H and O–H groups in total. The summed E-state index contributed by atoms with van der Waals surface area (Å²) in [5.74, 6) is 0.104. The van der Waals surface area contributed by atoms with Crippen LogP contribution in [-0.4, -0.2) is 56.3 Å². The van der Waals surface area contributed by atoms with Crippen molar-refractivity contribution in [2.45, 2.75) is 37.6 Å². The maximum Gasteiger partial charge on any atom is 0.243 e. The minimum absolute atomic E-state index is 0.0530. The number of nitrogens with one attached hydrogen (secondary N) is 1. The lowest BCUT2D eigenvalue weighted by Gasteiger charge is -2.26. The highest BCUT2D eigenvalue weighted by Crippen LogP contribution is 2.30. The van der Waals surface area contributed by atoms with Gasteiger partial charge >= 0.3 is 0 Å². The van der Waals surface area contributed by atoms with Crippen molar-refractivity contribution in [3.05, 3.63) is 66.2 Å². The fraction of sp³-hybridized carbons (Fsp3) is 0.385. The Kier molecular flexibility index (Phi) is 9.43. The van der Waals surface area contributed by atoms with Crippen LogP contribution in [0.5, 0.6) is 5.75 Å². The minimum atomic E-state index is -3.65. The van der Waals surface area contributed by atoms with Crippen molar-refractivity contribution in [1.82, 2.24) is 9.21 Å². The third-order valence-corrected chi connectivity index (χ3v) is 7.59. The fourth-order valence-electron chi connectivity index (χ4n) is 4.06. The van der Waals surface area contributed by atoms with Gasteiger partial charge in [0.15, 0.2) is 0 Å². The Labute approximate surface area is 207 Å². The number of hydrogen-bond acceptors (Lipinski definition) is 6. The topological polar surface area (TPSA) is 103 Å². The molecule has 2 aromatic rings. The average molecular weight is 497 g/mol. The van der Waals surface area contributed by atoms with Crippen LogP contribution < -0.4 is 10.1 Å². The molecule has 0 atom stereocenters. The number of nitriles is 1. The molecule has 1 aliphatic rings. The van der Waals surface area contributed by atoms with Crippen LogP contribution >= 0.6 is 0 Å². The highest BCUT2D eigenvalue weighted by molar-refractivity contribution is 7.89. The molecule has 1 saturated heterocycles. The van der Waals surface area contributed by atoms with Crippen molar-refractivity contribution in [3.8, 4) is 11.8 Å². The molecule has 9 heteroatoms. The molecule has 186 valence electrons. The highest BCUT2D eigenvalue weighted by Gasteiger charge is 2.27. The van der Waals surface area contributed by atoms with E-state index in [2.05, 4.69) is 18.0 Å². The predicted molar refractivity (Wildman–Crippen MR) is 135 cm³/mol. The van der Waals surface area contributed by atoms with Gasteiger partial charge in [0, 0.05) is 26.2 Å². The molecule has 0 aliphatic carbocycles. The number of benzene rings is 2. The molecule has 1 amide bonds. The van der Waals surface area contributed by atoms with E-state index >= 15 is 0 Å².